The van der Waals surface area contributed by atoms with Crippen molar-refractivity contribution in [3.63, 3.8) is 0 Å². The fourth-order valence-electron chi connectivity index (χ4n) is 2.50. The molecule has 0 aliphatic carbocycles. The lowest BCUT2D eigenvalue weighted by atomic mass is 9.96. The average Bonchev–Trinajstić information content (AvgIpc) is 2.81. The van der Waals surface area contributed by atoms with Gasteiger partial charge in [-0.3, -0.25) is 0 Å². The Bertz CT molecular complexity index is 356. The summed E-state index contributed by atoms with van der Waals surface area (Å²) in [4.78, 5) is 0. The van der Waals surface area contributed by atoms with Crippen LogP contribution in [0.2, 0.25) is 0 Å². The number of thioether (sulfide) groups is 1. The first-order valence-electron chi connectivity index (χ1n) is 6.63. The van der Waals surface area contributed by atoms with Crippen LogP contribution in [0.4, 0.5) is 0 Å². The molecule has 0 saturated carbocycles. The number of rotatable bonds is 4. The van der Waals surface area contributed by atoms with E-state index in [1.54, 1.807) is 0 Å². The zero-order valence-corrected chi connectivity index (χ0v) is 11.7. The maximum Gasteiger partial charge on any atom is 0.0415 e. The molecule has 0 amide bonds. The van der Waals surface area contributed by atoms with Crippen molar-refractivity contribution in [2.45, 2.75) is 44.4 Å². The molecule has 1 aliphatic rings. The van der Waals surface area contributed by atoms with Crippen LogP contribution < -0.4 is 5.73 Å². The van der Waals surface area contributed by atoms with Crippen molar-refractivity contribution >= 4 is 11.8 Å². The van der Waals surface area contributed by atoms with Crippen LogP contribution in [-0.4, -0.2) is 11.0 Å². The molecule has 2 rings (SSSR count). The fourth-order valence-corrected chi connectivity index (χ4v) is 3.83. The summed E-state index contributed by atoms with van der Waals surface area (Å²) >= 11 is 2.04. The molecule has 0 aromatic heterocycles. The van der Waals surface area contributed by atoms with E-state index in [1.807, 2.05) is 11.8 Å². The lowest BCUT2D eigenvalue weighted by molar-refractivity contribution is 0.633. The fraction of sp³-hybridized carbons (Fsp3) is 0.600. The van der Waals surface area contributed by atoms with Gasteiger partial charge in [0, 0.05) is 11.3 Å². The van der Waals surface area contributed by atoms with Gasteiger partial charge in [0.2, 0.25) is 0 Å². The highest BCUT2D eigenvalue weighted by atomic mass is 32.2. The molecule has 17 heavy (non-hydrogen) atoms. The lowest BCUT2D eigenvalue weighted by Gasteiger charge is -2.19. The SMILES string of the molecule is CC(C)Cc1cccc(C(N)C2CCCS2)c1. The number of hydrogen-bond acceptors (Lipinski definition) is 2. The second kappa shape index (κ2) is 5.92. The second-order valence-corrected chi connectivity index (χ2v) is 6.77. The van der Waals surface area contributed by atoms with Gasteiger partial charge in [0.25, 0.3) is 0 Å². The van der Waals surface area contributed by atoms with E-state index < -0.39 is 0 Å². The Labute approximate surface area is 109 Å². The Morgan fingerprint density at radius 2 is 2.24 bits per heavy atom. The molecule has 0 radical (unpaired) electrons. The van der Waals surface area contributed by atoms with Gasteiger partial charge in [-0.2, -0.15) is 11.8 Å². The standard InChI is InChI=1S/C15H23NS/c1-11(2)9-12-5-3-6-13(10-12)15(16)14-7-4-8-17-14/h3,5-6,10-11,14-15H,4,7-9,16H2,1-2H3. The summed E-state index contributed by atoms with van der Waals surface area (Å²) in [7, 11) is 0. The van der Waals surface area contributed by atoms with Crippen LogP contribution in [0.1, 0.15) is 43.9 Å². The van der Waals surface area contributed by atoms with Gasteiger partial charge in [-0.1, -0.05) is 38.1 Å². The van der Waals surface area contributed by atoms with Crippen LogP contribution in [0.25, 0.3) is 0 Å². The molecule has 0 spiro atoms. The molecule has 1 fully saturated rings. The zero-order chi connectivity index (χ0) is 12.3. The Morgan fingerprint density at radius 1 is 1.41 bits per heavy atom. The van der Waals surface area contributed by atoms with E-state index in [-0.39, 0.29) is 6.04 Å². The van der Waals surface area contributed by atoms with Gasteiger partial charge in [-0.25, -0.2) is 0 Å². The molecule has 1 aromatic rings. The minimum absolute atomic E-state index is 0.217. The van der Waals surface area contributed by atoms with E-state index >= 15 is 0 Å². The van der Waals surface area contributed by atoms with Crippen LogP contribution in [0.3, 0.4) is 0 Å². The van der Waals surface area contributed by atoms with E-state index in [9.17, 15) is 0 Å². The molecular formula is C15H23NS. The Morgan fingerprint density at radius 3 is 2.88 bits per heavy atom. The predicted molar refractivity (Wildman–Crippen MR) is 77.4 cm³/mol. The molecule has 1 heterocycles. The van der Waals surface area contributed by atoms with Gasteiger partial charge in [0.1, 0.15) is 0 Å². The van der Waals surface area contributed by atoms with E-state index in [0.29, 0.717) is 11.2 Å². The van der Waals surface area contributed by atoms with Crippen LogP contribution in [0.15, 0.2) is 24.3 Å². The van der Waals surface area contributed by atoms with E-state index in [1.165, 1.54) is 29.7 Å². The third-order valence-electron chi connectivity index (χ3n) is 3.35. The third kappa shape index (κ3) is 3.49. The minimum Gasteiger partial charge on any atom is -0.323 e. The van der Waals surface area contributed by atoms with Gasteiger partial charge >= 0.3 is 0 Å². The third-order valence-corrected chi connectivity index (χ3v) is 4.83. The topological polar surface area (TPSA) is 26.0 Å². The minimum atomic E-state index is 0.217. The highest BCUT2D eigenvalue weighted by Crippen LogP contribution is 2.34. The van der Waals surface area contributed by atoms with Crippen molar-refractivity contribution in [3.05, 3.63) is 35.4 Å². The summed E-state index contributed by atoms with van der Waals surface area (Å²) in [6.45, 7) is 4.53. The Hall–Kier alpha value is -0.470. The molecule has 2 atom stereocenters. The molecule has 1 nitrogen and oxygen atoms in total. The number of benzene rings is 1. The first kappa shape index (κ1) is 13.0. The van der Waals surface area contributed by atoms with Gasteiger partial charge in [0.15, 0.2) is 0 Å². The Kier molecular flexibility index (Phi) is 4.52. The first-order valence-corrected chi connectivity index (χ1v) is 7.67. The van der Waals surface area contributed by atoms with Crippen molar-refractivity contribution < 1.29 is 0 Å². The van der Waals surface area contributed by atoms with Gasteiger partial charge < -0.3 is 5.73 Å². The van der Waals surface area contributed by atoms with Crippen LogP contribution in [-0.2, 0) is 6.42 Å². The van der Waals surface area contributed by atoms with Gasteiger partial charge in [-0.15, -0.1) is 0 Å². The molecule has 2 heteroatoms. The highest BCUT2D eigenvalue weighted by Gasteiger charge is 2.23. The van der Waals surface area contributed by atoms with Crippen molar-refractivity contribution in [1.29, 1.82) is 0 Å². The quantitative estimate of drug-likeness (QED) is 0.879. The summed E-state index contributed by atoms with van der Waals surface area (Å²) in [5.74, 6) is 1.99. The summed E-state index contributed by atoms with van der Waals surface area (Å²) in [5, 5.41) is 0.629. The normalized spacial score (nSPS) is 22.0. The van der Waals surface area contributed by atoms with E-state index in [0.717, 1.165) is 6.42 Å². The van der Waals surface area contributed by atoms with Crippen molar-refractivity contribution in [2.75, 3.05) is 5.75 Å². The maximum atomic E-state index is 6.38. The second-order valence-electron chi connectivity index (χ2n) is 5.42. The average molecular weight is 249 g/mol. The molecule has 0 bridgehead atoms. The summed E-state index contributed by atoms with van der Waals surface area (Å²) in [6, 6.07) is 9.09. The summed E-state index contributed by atoms with van der Waals surface area (Å²) in [6.07, 6.45) is 3.76. The number of nitrogens with two attached hydrogens (primary N) is 1. The molecular weight excluding hydrogens is 226 g/mol. The van der Waals surface area contributed by atoms with Crippen LogP contribution in [0, 0.1) is 5.92 Å². The predicted octanol–water partition coefficient (Wildman–Crippen LogP) is 3.78. The molecule has 1 aromatic carbocycles. The highest BCUT2D eigenvalue weighted by molar-refractivity contribution is 8.00. The monoisotopic (exact) mass is 249 g/mol. The molecule has 94 valence electrons. The van der Waals surface area contributed by atoms with Crippen molar-refractivity contribution in [3.8, 4) is 0 Å². The summed E-state index contributed by atoms with van der Waals surface area (Å²) in [5.41, 5.74) is 9.13. The Balaban J connectivity index is 2.09. The molecule has 2 N–H and O–H groups in total. The smallest absolute Gasteiger partial charge is 0.0415 e. The lowest BCUT2D eigenvalue weighted by Crippen LogP contribution is -2.21. The molecule has 2 unspecified atom stereocenters. The van der Waals surface area contributed by atoms with Gasteiger partial charge in [0.05, 0.1) is 0 Å². The van der Waals surface area contributed by atoms with Crippen LogP contribution >= 0.6 is 11.8 Å². The molecule has 1 aliphatic heterocycles. The molecule has 1 saturated heterocycles. The van der Waals surface area contributed by atoms with Crippen molar-refractivity contribution in [1.82, 2.24) is 0 Å². The zero-order valence-electron chi connectivity index (χ0n) is 10.9. The van der Waals surface area contributed by atoms with E-state index in [2.05, 4.69) is 38.1 Å². The van der Waals surface area contributed by atoms with E-state index in [4.69, 9.17) is 5.73 Å². The van der Waals surface area contributed by atoms with Crippen molar-refractivity contribution in [2.24, 2.45) is 11.7 Å². The largest absolute Gasteiger partial charge is 0.323 e. The van der Waals surface area contributed by atoms with Gasteiger partial charge in [-0.05, 0) is 42.1 Å². The first-order chi connectivity index (χ1) is 8.16. The number of hydrogen-bond donors (Lipinski definition) is 1. The maximum absolute atomic E-state index is 6.38. The summed E-state index contributed by atoms with van der Waals surface area (Å²) < 4.78 is 0. The van der Waals surface area contributed by atoms with Crippen LogP contribution in [0.5, 0.6) is 0 Å².